The second-order valence-corrected chi connectivity index (χ2v) is 5.56. The molecule has 0 saturated carbocycles. The van der Waals surface area contributed by atoms with Crippen LogP contribution in [0.5, 0.6) is 5.75 Å². The highest BCUT2D eigenvalue weighted by atomic mass is 35.5. The molecule has 0 radical (unpaired) electrons. The SMILES string of the molecule is Cl.O=S1(=O)C2=Cc3ccccc3OCC21. The van der Waals surface area contributed by atoms with E-state index in [1.54, 1.807) is 6.08 Å². The van der Waals surface area contributed by atoms with E-state index >= 15 is 0 Å². The van der Waals surface area contributed by atoms with Gasteiger partial charge in [0.2, 0.25) is 0 Å². The van der Waals surface area contributed by atoms with E-state index in [1.165, 1.54) is 0 Å². The molecule has 1 aromatic carbocycles. The Morgan fingerprint density at radius 3 is 2.80 bits per heavy atom. The zero-order chi connectivity index (χ0) is 9.76. The van der Waals surface area contributed by atoms with E-state index in [-0.39, 0.29) is 19.0 Å². The average Bonchev–Trinajstić information content (AvgIpc) is 2.75. The number of para-hydroxylation sites is 1. The molecule has 5 heteroatoms. The molecule has 0 aromatic heterocycles. The van der Waals surface area contributed by atoms with Crippen LogP contribution < -0.4 is 4.74 Å². The summed E-state index contributed by atoms with van der Waals surface area (Å²) in [4.78, 5) is 0.516. The van der Waals surface area contributed by atoms with E-state index in [1.807, 2.05) is 24.3 Å². The third-order valence-electron chi connectivity index (χ3n) is 2.57. The Morgan fingerprint density at radius 2 is 2.00 bits per heavy atom. The molecule has 1 fully saturated rings. The second-order valence-electron chi connectivity index (χ2n) is 3.43. The van der Waals surface area contributed by atoms with Crippen molar-refractivity contribution < 1.29 is 13.2 Å². The smallest absolute Gasteiger partial charge is 0.187 e. The van der Waals surface area contributed by atoms with Gasteiger partial charge in [0, 0.05) is 5.56 Å². The first-order valence-corrected chi connectivity index (χ1v) is 5.91. The molecule has 1 saturated heterocycles. The highest BCUT2D eigenvalue weighted by Crippen LogP contribution is 2.42. The minimum atomic E-state index is -2.97. The molecule has 80 valence electrons. The van der Waals surface area contributed by atoms with Gasteiger partial charge in [-0.25, -0.2) is 8.42 Å². The number of halogens is 1. The number of hydrogen-bond acceptors (Lipinski definition) is 3. The normalized spacial score (nSPS) is 24.5. The van der Waals surface area contributed by atoms with Gasteiger partial charge in [0.05, 0.1) is 4.91 Å². The predicted octanol–water partition coefficient (Wildman–Crippen LogP) is 1.64. The number of ether oxygens (including phenoxy) is 1. The Labute approximate surface area is 94.1 Å². The Morgan fingerprint density at radius 1 is 1.27 bits per heavy atom. The molecule has 0 aliphatic carbocycles. The molecule has 2 aliphatic rings. The third kappa shape index (κ3) is 1.44. The summed E-state index contributed by atoms with van der Waals surface area (Å²) < 4.78 is 28.1. The van der Waals surface area contributed by atoms with Gasteiger partial charge < -0.3 is 4.74 Å². The van der Waals surface area contributed by atoms with Crippen LogP contribution in [0.15, 0.2) is 29.2 Å². The van der Waals surface area contributed by atoms with Crippen LogP contribution in [0, 0.1) is 0 Å². The van der Waals surface area contributed by atoms with Crippen molar-refractivity contribution in [3.05, 3.63) is 34.7 Å². The van der Waals surface area contributed by atoms with Crippen LogP contribution in [0.2, 0.25) is 0 Å². The fourth-order valence-electron chi connectivity index (χ4n) is 1.69. The zero-order valence-electron chi connectivity index (χ0n) is 7.71. The molecule has 0 spiro atoms. The summed E-state index contributed by atoms with van der Waals surface area (Å²) in [5.74, 6) is 0.766. The molecule has 2 aliphatic heterocycles. The molecular formula is C10H9ClO3S. The van der Waals surface area contributed by atoms with Crippen LogP contribution in [-0.4, -0.2) is 20.3 Å². The second kappa shape index (κ2) is 3.25. The molecule has 1 aromatic rings. The molecule has 0 bridgehead atoms. The van der Waals surface area contributed by atoms with Crippen LogP contribution in [0.1, 0.15) is 5.56 Å². The van der Waals surface area contributed by atoms with Gasteiger partial charge in [0.1, 0.15) is 17.6 Å². The summed E-state index contributed by atoms with van der Waals surface area (Å²) >= 11 is 0. The zero-order valence-corrected chi connectivity index (χ0v) is 9.35. The number of fused-ring (bicyclic) bond motifs is 2. The topological polar surface area (TPSA) is 43.4 Å². The summed E-state index contributed by atoms with van der Waals surface area (Å²) in [5.41, 5.74) is 0.853. The minimum absolute atomic E-state index is 0. The number of benzene rings is 1. The first-order chi connectivity index (χ1) is 6.69. The summed E-state index contributed by atoms with van der Waals surface area (Å²) in [6.45, 7) is 0.255. The summed E-state index contributed by atoms with van der Waals surface area (Å²) in [6, 6.07) is 7.46. The first kappa shape index (κ1) is 10.5. The lowest BCUT2D eigenvalue weighted by Gasteiger charge is -2.05. The number of hydrogen-bond donors (Lipinski definition) is 0. The van der Waals surface area contributed by atoms with Gasteiger partial charge in [-0.05, 0) is 12.1 Å². The number of sulfone groups is 1. The Hall–Kier alpha value is -1.00. The van der Waals surface area contributed by atoms with Crippen molar-refractivity contribution in [3.63, 3.8) is 0 Å². The molecule has 1 unspecified atom stereocenters. The molecule has 1 atom stereocenters. The lowest BCUT2D eigenvalue weighted by molar-refractivity contribution is 0.333. The van der Waals surface area contributed by atoms with E-state index < -0.39 is 15.1 Å². The van der Waals surface area contributed by atoms with Crippen LogP contribution in [0.4, 0.5) is 0 Å². The Kier molecular flexibility index (Phi) is 2.28. The van der Waals surface area contributed by atoms with Crippen molar-refractivity contribution in [1.29, 1.82) is 0 Å². The van der Waals surface area contributed by atoms with Crippen LogP contribution in [0.3, 0.4) is 0 Å². The molecule has 3 nitrogen and oxygen atoms in total. The van der Waals surface area contributed by atoms with E-state index in [0.717, 1.165) is 11.3 Å². The lowest BCUT2D eigenvalue weighted by Crippen LogP contribution is -2.05. The van der Waals surface area contributed by atoms with Crippen molar-refractivity contribution in [2.45, 2.75) is 5.25 Å². The molecular weight excluding hydrogens is 236 g/mol. The maximum atomic E-state index is 11.3. The predicted molar refractivity (Wildman–Crippen MR) is 59.9 cm³/mol. The standard InChI is InChI=1S/C10H8O3S.ClH/c11-14(12)9-5-7-3-1-2-4-8(7)13-6-10(9)14;/h1-5,10H,6H2;1H. The van der Waals surface area contributed by atoms with Crippen molar-refractivity contribution >= 4 is 28.3 Å². The molecule has 15 heavy (non-hydrogen) atoms. The third-order valence-corrected chi connectivity index (χ3v) is 4.51. The van der Waals surface area contributed by atoms with Gasteiger partial charge in [0.15, 0.2) is 9.84 Å². The molecule has 2 heterocycles. The van der Waals surface area contributed by atoms with E-state index in [4.69, 9.17) is 4.74 Å². The van der Waals surface area contributed by atoms with Crippen molar-refractivity contribution in [3.8, 4) is 5.75 Å². The lowest BCUT2D eigenvalue weighted by atomic mass is 10.2. The van der Waals surface area contributed by atoms with Gasteiger partial charge in [-0.3, -0.25) is 0 Å². The highest BCUT2D eigenvalue weighted by Gasteiger charge is 2.52. The average molecular weight is 245 g/mol. The van der Waals surface area contributed by atoms with Crippen LogP contribution in [0.25, 0.3) is 6.08 Å². The first-order valence-electron chi connectivity index (χ1n) is 4.37. The van der Waals surface area contributed by atoms with Crippen LogP contribution in [-0.2, 0) is 9.84 Å². The highest BCUT2D eigenvalue weighted by molar-refractivity contribution is 8.04. The van der Waals surface area contributed by atoms with Gasteiger partial charge in [-0.2, -0.15) is 0 Å². The maximum Gasteiger partial charge on any atom is 0.187 e. The Bertz CT molecular complexity index is 533. The van der Waals surface area contributed by atoms with E-state index in [2.05, 4.69) is 0 Å². The fraction of sp³-hybridized carbons (Fsp3) is 0.200. The maximum absolute atomic E-state index is 11.3. The van der Waals surface area contributed by atoms with Crippen LogP contribution >= 0.6 is 12.4 Å². The molecule has 0 N–H and O–H groups in total. The monoisotopic (exact) mass is 244 g/mol. The molecule has 0 amide bonds. The Balaban J connectivity index is 0.000000853. The van der Waals surface area contributed by atoms with Gasteiger partial charge >= 0.3 is 0 Å². The van der Waals surface area contributed by atoms with Crippen molar-refractivity contribution in [2.24, 2.45) is 0 Å². The fourth-order valence-corrected chi connectivity index (χ4v) is 3.19. The summed E-state index contributed by atoms with van der Waals surface area (Å²) in [7, 11) is -2.97. The van der Waals surface area contributed by atoms with E-state index in [9.17, 15) is 8.42 Å². The minimum Gasteiger partial charge on any atom is -0.491 e. The van der Waals surface area contributed by atoms with Gasteiger partial charge in [-0.1, -0.05) is 18.2 Å². The summed E-state index contributed by atoms with van der Waals surface area (Å²) in [5, 5.41) is -0.394. The van der Waals surface area contributed by atoms with E-state index in [0.29, 0.717) is 4.91 Å². The van der Waals surface area contributed by atoms with Crippen molar-refractivity contribution in [2.75, 3.05) is 6.61 Å². The largest absolute Gasteiger partial charge is 0.491 e. The van der Waals surface area contributed by atoms with Gasteiger partial charge in [0.25, 0.3) is 0 Å². The number of rotatable bonds is 0. The van der Waals surface area contributed by atoms with Gasteiger partial charge in [-0.15, -0.1) is 12.4 Å². The quantitative estimate of drug-likeness (QED) is 0.652. The summed E-state index contributed by atoms with van der Waals surface area (Å²) in [6.07, 6.45) is 1.71. The van der Waals surface area contributed by atoms with Crippen molar-refractivity contribution in [1.82, 2.24) is 0 Å². The molecule has 3 rings (SSSR count).